The number of hydrogen-bond donors (Lipinski definition) is 2. The number of aliphatic carboxylic acids is 1. The molecule has 3 rings (SSSR count). The molecule has 0 bridgehead atoms. The van der Waals surface area contributed by atoms with Crippen LogP contribution < -0.4 is 10.1 Å². The lowest BCUT2D eigenvalue weighted by molar-refractivity contribution is -0.142. The molecule has 1 aliphatic heterocycles. The van der Waals surface area contributed by atoms with E-state index in [1.807, 2.05) is 31.2 Å². The van der Waals surface area contributed by atoms with Crippen molar-refractivity contribution in [3.8, 4) is 5.75 Å². The van der Waals surface area contributed by atoms with E-state index in [-0.39, 0.29) is 18.4 Å². The maximum Gasteiger partial charge on any atom is 0.308 e. The van der Waals surface area contributed by atoms with E-state index in [4.69, 9.17) is 4.74 Å². The Morgan fingerprint density at radius 2 is 2.00 bits per heavy atom. The van der Waals surface area contributed by atoms with Crippen molar-refractivity contribution >= 4 is 23.4 Å². The number of nitrogens with one attached hydrogen (secondary N) is 1. The fourth-order valence-electron chi connectivity index (χ4n) is 3.18. The van der Waals surface area contributed by atoms with Crippen LogP contribution in [0.15, 0.2) is 42.6 Å². The molecule has 2 atom stereocenters. The molecule has 7 heteroatoms. The first kappa shape index (κ1) is 17.7. The molecule has 0 spiro atoms. The standard InChI is InChI=1S/C19H21N3O4/c1-12-10-22(11-14(12)19(24)25)18(23)13-6-5-9-20-17(13)21-15-7-3-4-8-16(15)26-2/h3-9,12,14H,10-11H2,1-2H3,(H,20,21)(H,24,25)/t12-,14-/m1/s1. The minimum absolute atomic E-state index is 0.0845. The van der Waals surface area contributed by atoms with Crippen molar-refractivity contribution in [3.05, 3.63) is 48.2 Å². The minimum Gasteiger partial charge on any atom is -0.495 e. The first-order valence-corrected chi connectivity index (χ1v) is 8.38. The van der Waals surface area contributed by atoms with Crippen LogP contribution in [0.25, 0.3) is 0 Å². The Kier molecular flexibility index (Phi) is 5.06. The quantitative estimate of drug-likeness (QED) is 0.857. The number of methoxy groups -OCH3 is 1. The largest absolute Gasteiger partial charge is 0.495 e. The number of rotatable bonds is 5. The van der Waals surface area contributed by atoms with Crippen molar-refractivity contribution in [2.75, 3.05) is 25.5 Å². The number of carboxylic acid groups (broad SMARTS) is 1. The van der Waals surface area contributed by atoms with Crippen LogP contribution in [-0.2, 0) is 4.79 Å². The zero-order valence-corrected chi connectivity index (χ0v) is 14.7. The van der Waals surface area contributed by atoms with E-state index in [1.165, 1.54) is 0 Å². The Bertz CT molecular complexity index is 824. The van der Waals surface area contributed by atoms with Gasteiger partial charge in [0.05, 0.1) is 24.3 Å². The molecule has 1 aromatic heterocycles. The third-order valence-corrected chi connectivity index (χ3v) is 4.61. The van der Waals surface area contributed by atoms with Crippen molar-refractivity contribution in [2.24, 2.45) is 11.8 Å². The minimum atomic E-state index is -0.869. The maximum atomic E-state index is 12.9. The summed E-state index contributed by atoms with van der Waals surface area (Å²) in [5, 5.41) is 12.4. The summed E-state index contributed by atoms with van der Waals surface area (Å²) in [4.78, 5) is 30.1. The molecule has 0 aliphatic carbocycles. The smallest absolute Gasteiger partial charge is 0.308 e. The van der Waals surface area contributed by atoms with Crippen LogP contribution in [0.1, 0.15) is 17.3 Å². The van der Waals surface area contributed by atoms with Crippen LogP contribution in [0, 0.1) is 11.8 Å². The summed E-state index contributed by atoms with van der Waals surface area (Å²) in [5.41, 5.74) is 1.09. The van der Waals surface area contributed by atoms with Gasteiger partial charge in [0.2, 0.25) is 0 Å². The molecule has 2 heterocycles. The number of anilines is 2. The van der Waals surface area contributed by atoms with E-state index in [2.05, 4.69) is 10.3 Å². The summed E-state index contributed by atoms with van der Waals surface area (Å²) in [5.74, 6) is -0.678. The molecule has 1 amide bonds. The van der Waals surface area contributed by atoms with E-state index in [0.29, 0.717) is 29.4 Å². The highest BCUT2D eigenvalue weighted by atomic mass is 16.5. The van der Waals surface area contributed by atoms with E-state index >= 15 is 0 Å². The van der Waals surface area contributed by atoms with Gasteiger partial charge in [-0.3, -0.25) is 9.59 Å². The SMILES string of the molecule is COc1ccccc1Nc1ncccc1C(=O)N1C[C@@H](C)[C@H](C(=O)O)C1. The van der Waals surface area contributed by atoms with E-state index in [9.17, 15) is 14.7 Å². The van der Waals surface area contributed by atoms with Crippen molar-refractivity contribution in [3.63, 3.8) is 0 Å². The predicted octanol–water partition coefficient (Wildman–Crippen LogP) is 2.63. The number of carboxylic acids is 1. The highest BCUT2D eigenvalue weighted by molar-refractivity contribution is 6.00. The molecule has 0 saturated carbocycles. The maximum absolute atomic E-state index is 12.9. The average Bonchev–Trinajstić information content (AvgIpc) is 3.04. The van der Waals surface area contributed by atoms with Gasteiger partial charge in [0.1, 0.15) is 11.6 Å². The topological polar surface area (TPSA) is 91.8 Å². The van der Waals surface area contributed by atoms with Gasteiger partial charge in [0.15, 0.2) is 0 Å². The molecule has 2 aromatic rings. The number of para-hydroxylation sites is 2. The van der Waals surface area contributed by atoms with Gasteiger partial charge in [0, 0.05) is 19.3 Å². The lowest BCUT2D eigenvalue weighted by Gasteiger charge is -2.18. The van der Waals surface area contributed by atoms with Gasteiger partial charge in [-0.25, -0.2) is 4.98 Å². The Labute approximate surface area is 151 Å². The van der Waals surface area contributed by atoms with Gasteiger partial charge in [-0.15, -0.1) is 0 Å². The molecule has 136 valence electrons. The molecule has 1 aliphatic rings. The van der Waals surface area contributed by atoms with E-state index < -0.39 is 11.9 Å². The normalized spacial score (nSPS) is 19.2. The average molecular weight is 355 g/mol. The second-order valence-corrected chi connectivity index (χ2v) is 6.36. The van der Waals surface area contributed by atoms with E-state index in [0.717, 1.165) is 0 Å². The summed E-state index contributed by atoms with van der Waals surface area (Å²) in [7, 11) is 1.57. The highest BCUT2D eigenvalue weighted by Gasteiger charge is 2.37. The fraction of sp³-hybridized carbons (Fsp3) is 0.316. The molecular formula is C19H21N3O4. The number of nitrogens with zero attached hydrogens (tertiary/aromatic N) is 2. The fourth-order valence-corrected chi connectivity index (χ4v) is 3.18. The van der Waals surface area contributed by atoms with Crippen molar-refractivity contribution < 1.29 is 19.4 Å². The lowest BCUT2D eigenvalue weighted by Crippen LogP contribution is -2.30. The molecular weight excluding hydrogens is 334 g/mol. The zero-order valence-electron chi connectivity index (χ0n) is 14.7. The Morgan fingerprint density at radius 1 is 1.23 bits per heavy atom. The van der Waals surface area contributed by atoms with Crippen LogP contribution in [-0.4, -0.2) is 47.1 Å². The van der Waals surface area contributed by atoms with Crippen molar-refractivity contribution in [1.29, 1.82) is 0 Å². The van der Waals surface area contributed by atoms with Gasteiger partial charge < -0.3 is 20.1 Å². The number of ether oxygens (including phenoxy) is 1. The summed E-state index contributed by atoms with van der Waals surface area (Å²) in [6, 6.07) is 10.7. The van der Waals surface area contributed by atoms with Crippen LogP contribution in [0.2, 0.25) is 0 Å². The molecule has 1 saturated heterocycles. The van der Waals surface area contributed by atoms with Gasteiger partial charge in [-0.05, 0) is 30.2 Å². The number of carbonyl (C=O) groups excluding carboxylic acids is 1. The number of aromatic nitrogens is 1. The molecule has 0 radical (unpaired) electrons. The Balaban J connectivity index is 1.85. The molecule has 2 N–H and O–H groups in total. The Hall–Kier alpha value is -3.09. The number of carbonyl (C=O) groups is 2. The predicted molar refractivity (Wildman–Crippen MR) is 96.7 cm³/mol. The monoisotopic (exact) mass is 355 g/mol. The second kappa shape index (κ2) is 7.43. The number of pyridine rings is 1. The number of benzene rings is 1. The summed E-state index contributed by atoms with van der Waals surface area (Å²) >= 11 is 0. The van der Waals surface area contributed by atoms with Gasteiger partial charge in [-0.1, -0.05) is 19.1 Å². The first-order chi connectivity index (χ1) is 12.5. The lowest BCUT2D eigenvalue weighted by atomic mass is 9.99. The van der Waals surface area contributed by atoms with Crippen molar-refractivity contribution in [1.82, 2.24) is 9.88 Å². The van der Waals surface area contributed by atoms with Crippen LogP contribution in [0.5, 0.6) is 5.75 Å². The number of hydrogen-bond acceptors (Lipinski definition) is 5. The second-order valence-electron chi connectivity index (χ2n) is 6.36. The third-order valence-electron chi connectivity index (χ3n) is 4.61. The van der Waals surface area contributed by atoms with Crippen molar-refractivity contribution in [2.45, 2.75) is 6.92 Å². The molecule has 7 nitrogen and oxygen atoms in total. The molecule has 1 aromatic carbocycles. The van der Waals surface area contributed by atoms with Crippen LogP contribution >= 0.6 is 0 Å². The number of likely N-dealkylation sites (tertiary alicyclic amines) is 1. The molecule has 1 fully saturated rings. The van der Waals surface area contributed by atoms with Gasteiger partial charge in [-0.2, -0.15) is 0 Å². The highest BCUT2D eigenvalue weighted by Crippen LogP contribution is 2.30. The first-order valence-electron chi connectivity index (χ1n) is 8.38. The van der Waals surface area contributed by atoms with Gasteiger partial charge in [0.25, 0.3) is 5.91 Å². The third kappa shape index (κ3) is 3.46. The molecule has 26 heavy (non-hydrogen) atoms. The van der Waals surface area contributed by atoms with Crippen LogP contribution in [0.3, 0.4) is 0 Å². The summed E-state index contributed by atoms with van der Waals surface area (Å²) < 4.78 is 5.32. The van der Waals surface area contributed by atoms with E-state index in [1.54, 1.807) is 30.3 Å². The Morgan fingerprint density at radius 3 is 2.69 bits per heavy atom. The summed E-state index contributed by atoms with van der Waals surface area (Å²) in [6.07, 6.45) is 1.60. The van der Waals surface area contributed by atoms with Gasteiger partial charge >= 0.3 is 5.97 Å². The van der Waals surface area contributed by atoms with Crippen LogP contribution in [0.4, 0.5) is 11.5 Å². The molecule has 0 unspecified atom stereocenters. The zero-order chi connectivity index (χ0) is 18.7. The number of amides is 1. The summed E-state index contributed by atoms with van der Waals surface area (Å²) in [6.45, 7) is 2.47.